The second kappa shape index (κ2) is 8.22. The number of hydrogen-bond donors (Lipinski definition) is 0. The Hall–Kier alpha value is -3.33. The van der Waals surface area contributed by atoms with Crippen molar-refractivity contribution in [2.75, 3.05) is 0 Å². The monoisotopic (exact) mass is 465 g/mol. The average Bonchev–Trinajstić information content (AvgIpc) is 3.50. The van der Waals surface area contributed by atoms with Crippen LogP contribution in [-0.2, 0) is 25.3 Å². The number of aromatic nitrogens is 7. The highest BCUT2D eigenvalue weighted by Crippen LogP contribution is 2.46. The van der Waals surface area contributed by atoms with Crippen LogP contribution in [0.4, 0.5) is 0 Å². The van der Waals surface area contributed by atoms with E-state index in [1.165, 1.54) is 21.5 Å². The van der Waals surface area contributed by atoms with Crippen molar-refractivity contribution < 1.29 is 9.26 Å². The van der Waals surface area contributed by atoms with Crippen LogP contribution in [0.3, 0.4) is 0 Å². The molecule has 1 aliphatic carbocycles. The molecule has 5 rings (SSSR count). The third-order valence-electron chi connectivity index (χ3n) is 5.99. The number of fused-ring (bicyclic) bond motifs is 1. The molecule has 0 saturated carbocycles. The molecule has 3 heterocycles. The Bertz CT molecular complexity index is 1320. The molecule has 0 saturated heterocycles. The molecule has 170 valence electrons. The summed E-state index contributed by atoms with van der Waals surface area (Å²) in [7, 11) is 1.76. The maximum Gasteiger partial charge on any atom is 0.259 e. The molecular formula is C23H24ClN7O2. The number of ether oxygens (including phenoxy) is 1. The molecule has 0 radical (unpaired) electrons. The van der Waals surface area contributed by atoms with Gasteiger partial charge < -0.3 is 9.26 Å². The van der Waals surface area contributed by atoms with E-state index in [0.717, 1.165) is 12.8 Å². The molecule has 4 aromatic rings. The van der Waals surface area contributed by atoms with Crippen molar-refractivity contribution in [3.63, 3.8) is 0 Å². The van der Waals surface area contributed by atoms with Gasteiger partial charge in [-0.25, -0.2) is 4.98 Å². The molecule has 0 spiro atoms. The molecule has 0 fully saturated rings. The first-order valence-electron chi connectivity index (χ1n) is 10.8. The normalized spacial score (nSPS) is 17.5. The second-order valence-electron chi connectivity index (χ2n) is 8.66. The topological polar surface area (TPSA) is 105 Å². The van der Waals surface area contributed by atoms with Gasteiger partial charge in [0.2, 0.25) is 5.88 Å². The largest absolute Gasteiger partial charge is 0.474 e. The van der Waals surface area contributed by atoms with Gasteiger partial charge in [-0.2, -0.15) is 9.78 Å². The van der Waals surface area contributed by atoms with Crippen LogP contribution in [0.1, 0.15) is 48.6 Å². The molecule has 1 aromatic carbocycles. The average molecular weight is 466 g/mol. The van der Waals surface area contributed by atoms with Crippen LogP contribution in [0.15, 0.2) is 35.0 Å². The van der Waals surface area contributed by atoms with Crippen molar-refractivity contribution >= 4 is 11.6 Å². The van der Waals surface area contributed by atoms with E-state index in [1.54, 1.807) is 19.3 Å². The highest BCUT2D eigenvalue weighted by atomic mass is 35.5. The fourth-order valence-electron chi connectivity index (χ4n) is 4.50. The van der Waals surface area contributed by atoms with E-state index in [2.05, 4.69) is 50.7 Å². The quantitative estimate of drug-likeness (QED) is 0.422. The van der Waals surface area contributed by atoms with E-state index >= 15 is 0 Å². The van der Waals surface area contributed by atoms with Crippen LogP contribution >= 0.6 is 11.6 Å². The number of benzene rings is 1. The molecule has 3 aromatic heterocycles. The second-order valence-corrected chi connectivity index (χ2v) is 9.06. The Morgan fingerprint density at radius 1 is 1.30 bits per heavy atom. The maximum absolute atomic E-state index is 6.38. The predicted octanol–water partition coefficient (Wildman–Crippen LogP) is 3.88. The Morgan fingerprint density at radius 2 is 2.15 bits per heavy atom. The van der Waals surface area contributed by atoms with Gasteiger partial charge >= 0.3 is 0 Å². The summed E-state index contributed by atoms with van der Waals surface area (Å²) in [5, 5.41) is 17.4. The third kappa shape index (κ3) is 3.86. The molecule has 0 amide bonds. The first-order valence-corrected chi connectivity index (χ1v) is 11.2. The number of aryl methyl sites for hydroxylation is 2. The highest BCUT2D eigenvalue weighted by molar-refractivity contribution is 6.32. The van der Waals surface area contributed by atoms with Crippen LogP contribution in [0.5, 0.6) is 5.88 Å². The number of pyridine rings is 1. The minimum atomic E-state index is -0.510. The Morgan fingerprint density at radius 3 is 2.88 bits per heavy atom. The van der Waals surface area contributed by atoms with Gasteiger partial charge in [0.15, 0.2) is 11.6 Å². The zero-order valence-corrected chi connectivity index (χ0v) is 19.7. The van der Waals surface area contributed by atoms with Gasteiger partial charge in [0, 0.05) is 12.6 Å². The van der Waals surface area contributed by atoms with Gasteiger partial charge in [0.05, 0.1) is 24.1 Å². The first-order chi connectivity index (χ1) is 15.9. The summed E-state index contributed by atoms with van der Waals surface area (Å²) in [4.78, 5) is 10.6. The van der Waals surface area contributed by atoms with E-state index in [1.807, 2.05) is 13.8 Å². The molecular weight excluding hydrogens is 442 g/mol. The molecule has 1 aliphatic rings. The summed E-state index contributed by atoms with van der Waals surface area (Å²) < 4.78 is 11.3. The van der Waals surface area contributed by atoms with Crippen molar-refractivity contribution in [2.24, 2.45) is 7.05 Å². The van der Waals surface area contributed by atoms with E-state index in [9.17, 15) is 0 Å². The number of rotatable bonds is 6. The van der Waals surface area contributed by atoms with E-state index < -0.39 is 5.41 Å². The van der Waals surface area contributed by atoms with Gasteiger partial charge in [-0.15, -0.1) is 10.2 Å². The molecule has 0 unspecified atom stereocenters. The van der Waals surface area contributed by atoms with Gasteiger partial charge in [-0.1, -0.05) is 35.0 Å². The maximum atomic E-state index is 6.38. The minimum Gasteiger partial charge on any atom is -0.474 e. The first kappa shape index (κ1) is 21.5. The van der Waals surface area contributed by atoms with Gasteiger partial charge in [-0.05, 0) is 61.6 Å². The summed E-state index contributed by atoms with van der Waals surface area (Å²) in [6, 6.07) is 8.06. The lowest BCUT2D eigenvalue weighted by Gasteiger charge is -2.25. The van der Waals surface area contributed by atoms with Gasteiger partial charge in [-0.3, -0.25) is 0 Å². The van der Waals surface area contributed by atoms with Gasteiger partial charge in [0.25, 0.3) is 5.89 Å². The lowest BCUT2D eigenvalue weighted by molar-refractivity contribution is 0.233. The van der Waals surface area contributed by atoms with Crippen LogP contribution < -0.4 is 4.74 Å². The smallest absolute Gasteiger partial charge is 0.259 e. The number of halogens is 1. The lowest BCUT2D eigenvalue weighted by Crippen LogP contribution is -2.30. The standard InChI is InChI=1S/C23H24ClN7O2/c1-13(2)32-21-18(24)10-15(12-25-21)20-26-22(29-33-20)23(11-19-27-30-31(4)28-19)9-8-16-14(3)6-5-7-17(16)23/h5-7,10,12-13H,8-9,11H2,1-4H3/t23-/m1/s1. The summed E-state index contributed by atoms with van der Waals surface area (Å²) in [5.74, 6) is 1.95. The summed E-state index contributed by atoms with van der Waals surface area (Å²) >= 11 is 6.38. The highest BCUT2D eigenvalue weighted by Gasteiger charge is 2.45. The predicted molar refractivity (Wildman–Crippen MR) is 121 cm³/mol. The number of tetrazole rings is 1. The third-order valence-corrected chi connectivity index (χ3v) is 6.26. The van der Waals surface area contributed by atoms with E-state index in [4.69, 9.17) is 25.8 Å². The van der Waals surface area contributed by atoms with Crippen molar-refractivity contribution in [3.8, 4) is 17.3 Å². The van der Waals surface area contributed by atoms with Crippen molar-refractivity contribution in [1.29, 1.82) is 0 Å². The lowest BCUT2D eigenvalue weighted by atomic mass is 9.77. The molecule has 1 atom stereocenters. The van der Waals surface area contributed by atoms with Crippen LogP contribution in [0, 0.1) is 6.92 Å². The van der Waals surface area contributed by atoms with Gasteiger partial charge in [0.1, 0.15) is 5.02 Å². The van der Waals surface area contributed by atoms with Crippen LogP contribution in [0.2, 0.25) is 5.02 Å². The fourth-order valence-corrected chi connectivity index (χ4v) is 4.71. The summed E-state index contributed by atoms with van der Waals surface area (Å²) in [6.07, 6.45) is 3.86. The molecule has 0 bridgehead atoms. The Labute approximate surface area is 196 Å². The number of hydrogen-bond acceptors (Lipinski definition) is 8. The summed E-state index contributed by atoms with van der Waals surface area (Å²) in [5.41, 5.74) is 3.86. The van der Waals surface area contributed by atoms with Crippen molar-refractivity contribution in [2.45, 2.75) is 51.6 Å². The fraction of sp³-hybridized carbons (Fsp3) is 0.391. The zero-order chi connectivity index (χ0) is 23.2. The van der Waals surface area contributed by atoms with E-state index in [-0.39, 0.29) is 6.10 Å². The van der Waals surface area contributed by atoms with Crippen LogP contribution in [0.25, 0.3) is 11.5 Å². The molecule has 0 N–H and O–H groups in total. The van der Waals surface area contributed by atoms with Crippen LogP contribution in [-0.4, -0.2) is 41.4 Å². The summed E-state index contributed by atoms with van der Waals surface area (Å²) in [6.45, 7) is 5.97. The molecule has 9 nitrogen and oxygen atoms in total. The zero-order valence-electron chi connectivity index (χ0n) is 18.9. The SMILES string of the molecule is Cc1cccc2c1CC[C@]2(Cc1nnn(C)n1)c1noc(-c2cnc(OC(C)C)c(Cl)c2)n1. The number of nitrogens with zero attached hydrogens (tertiary/aromatic N) is 7. The minimum absolute atomic E-state index is 0.0312. The van der Waals surface area contributed by atoms with Crippen molar-refractivity contribution in [3.05, 3.63) is 63.8 Å². The molecule has 33 heavy (non-hydrogen) atoms. The van der Waals surface area contributed by atoms with E-state index in [0.29, 0.717) is 40.4 Å². The molecule has 10 heteroatoms. The van der Waals surface area contributed by atoms with Crippen molar-refractivity contribution in [1.82, 2.24) is 35.3 Å². The molecule has 0 aliphatic heterocycles. The Balaban J connectivity index is 1.56. The Kier molecular flexibility index (Phi) is 5.36.